The molecule has 12 rings (SSSR count). The number of ether oxygens (including phenoxy) is 12. The number of amides is 3. The van der Waals surface area contributed by atoms with E-state index in [1.165, 1.54) is 53.7 Å². The van der Waals surface area contributed by atoms with Crippen LogP contribution in [0.25, 0.3) is 11.1 Å². The molecule has 0 bridgehead atoms. The Kier molecular flexibility index (Phi) is 60.9. The van der Waals surface area contributed by atoms with Gasteiger partial charge in [0.05, 0.1) is 88.3 Å². The summed E-state index contributed by atoms with van der Waals surface area (Å²) in [5.74, 6) is 0.983. The number of hydrogen-bond acceptors (Lipinski definition) is 33. The Morgan fingerprint density at radius 3 is 0.890 bits per heavy atom. The molecule has 8 aromatic carbocycles. The number of methoxy groups -OCH3 is 6. The summed E-state index contributed by atoms with van der Waals surface area (Å²) in [7, 11) is 7.31. The summed E-state index contributed by atoms with van der Waals surface area (Å²) in [6.45, 7) is 10.4. The number of nitrogen functional groups attached to an aromatic ring is 1. The van der Waals surface area contributed by atoms with Crippen molar-refractivity contribution in [2.75, 3.05) is 90.8 Å². The summed E-state index contributed by atoms with van der Waals surface area (Å²) >= 11 is 16.4. The predicted octanol–water partition coefficient (Wildman–Crippen LogP) is 15.3. The number of Topliss-reactive ketones (excluding diaryl/α,β-unsaturated/α-hetero) is 6. The van der Waals surface area contributed by atoms with E-state index in [1.54, 1.807) is 260 Å². The molecular weight excluding hydrogens is 2220 g/mol. The molecule has 145 heavy (non-hydrogen) atoms. The van der Waals surface area contributed by atoms with E-state index in [-0.39, 0.29) is 121 Å². The zero-order chi connectivity index (χ0) is 106. The first-order chi connectivity index (χ1) is 69.0. The fourth-order valence-electron chi connectivity index (χ4n) is 10.9. The first kappa shape index (κ1) is 125. The second-order valence-electron chi connectivity index (χ2n) is 27.9. The molecule has 0 aliphatic heterocycles. The maximum absolute atomic E-state index is 12.5. The number of benzene rings is 8. The fraction of sp³-hybridized carbons (Fsp3) is 0.196. The molecular formula is C102H103BBr5N8NaO28. The molecule has 0 unspecified atom stereocenters. The van der Waals surface area contributed by atoms with Crippen LogP contribution in [-0.4, -0.2) is 190 Å². The SMILES string of the molecule is CC(=O)c1ccc(Br)cc1.CCOC(=O)CC(=O)c1ccc(Br)cc1.CCOC(=O)CC(=O)c1ccc(Br)cc1.CCOC(=O)OCC.COc1ccc(B(O)O)cc1OC=O.COc1cccc(N)n1.COc1cccc(NC(=O)CC(=O)c2ccc(-c3ccc(OC)c(OC=O)c3)cc2)n1.COc1cccc(NC(=O)CC(=O)c2ccc(Br)cc2)n1.COc1cccc(NC(=O)CC(=O)c2ccc(Br)cc2)n1.[H-].[Na+]. The van der Waals surface area contributed by atoms with Crippen molar-refractivity contribution in [1.82, 2.24) is 19.9 Å². The summed E-state index contributed by atoms with van der Waals surface area (Å²) in [6, 6.07) is 71.2. The number of carbonyl (C=O) groups excluding carboxylic acids is 14. The van der Waals surface area contributed by atoms with E-state index in [2.05, 4.69) is 139 Å². The molecule has 0 saturated carbocycles. The van der Waals surface area contributed by atoms with Crippen molar-refractivity contribution in [1.29, 1.82) is 0 Å². The molecule has 12 aromatic rings. The van der Waals surface area contributed by atoms with Crippen LogP contribution in [0.1, 0.15) is 130 Å². The molecule has 0 aliphatic rings. The van der Waals surface area contributed by atoms with E-state index in [4.69, 9.17) is 48.9 Å². The molecule has 4 heterocycles. The van der Waals surface area contributed by atoms with Crippen LogP contribution in [0.15, 0.2) is 277 Å². The number of halogens is 5. The molecule has 36 nitrogen and oxygen atoms in total. The van der Waals surface area contributed by atoms with Gasteiger partial charge in [0.15, 0.2) is 57.7 Å². The maximum atomic E-state index is 12.5. The molecule has 7 N–H and O–H groups in total. The molecule has 3 amide bonds. The van der Waals surface area contributed by atoms with Crippen molar-refractivity contribution in [2.24, 2.45) is 0 Å². The maximum Gasteiger partial charge on any atom is 1.00 e. The van der Waals surface area contributed by atoms with E-state index >= 15 is 0 Å². The Morgan fingerprint density at radius 2 is 0.614 bits per heavy atom. The minimum Gasteiger partial charge on any atom is -1.00 e. The van der Waals surface area contributed by atoms with Gasteiger partial charge in [-0.3, -0.25) is 62.3 Å². The molecule has 0 spiro atoms. The monoisotopic (exact) mass is 2320 g/mol. The smallest absolute Gasteiger partial charge is 1.00 e. The van der Waals surface area contributed by atoms with E-state index in [0.29, 0.717) is 119 Å². The first-order valence-corrected chi connectivity index (χ1v) is 46.7. The summed E-state index contributed by atoms with van der Waals surface area (Å²) in [5.41, 5.74) is 10.3. The topological polar surface area (TPSA) is 504 Å². The van der Waals surface area contributed by atoms with Crippen LogP contribution >= 0.6 is 79.6 Å². The van der Waals surface area contributed by atoms with E-state index in [0.717, 1.165) is 39.1 Å². The van der Waals surface area contributed by atoms with Crippen molar-refractivity contribution >= 4 is 199 Å². The fourth-order valence-corrected chi connectivity index (χ4v) is 12.2. The molecule has 43 heteroatoms. The van der Waals surface area contributed by atoms with Gasteiger partial charge in [-0.25, -0.2) is 4.79 Å². The van der Waals surface area contributed by atoms with Crippen LogP contribution in [0, 0.1) is 0 Å². The number of hydrogen-bond donors (Lipinski definition) is 6. The van der Waals surface area contributed by atoms with Gasteiger partial charge in [0.2, 0.25) is 41.2 Å². The molecule has 0 radical (unpaired) electrons. The second-order valence-corrected chi connectivity index (χ2v) is 32.5. The van der Waals surface area contributed by atoms with E-state index < -0.39 is 42.9 Å². The van der Waals surface area contributed by atoms with Gasteiger partial charge in [-0.1, -0.05) is 201 Å². The van der Waals surface area contributed by atoms with Gasteiger partial charge >= 0.3 is 54.8 Å². The first-order valence-electron chi connectivity index (χ1n) is 42.8. The zero-order valence-corrected chi connectivity index (χ0v) is 90.5. The van der Waals surface area contributed by atoms with E-state index in [9.17, 15) is 67.1 Å². The summed E-state index contributed by atoms with van der Waals surface area (Å²) in [5, 5.41) is 25.4. The Balaban J connectivity index is 0.000000570. The van der Waals surface area contributed by atoms with Crippen molar-refractivity contribution < 1.29 is 165 Å². The van der Waals surface area contributed by atoms with Gasteiger partial charge in [-0.2, -0.15) is 19.9 Å². The Bertz CT molecular complexity index is 6000. The number of nitrogens with one attached hydrogen (secondary N) is 3. The quantitative estimate of drug-likeness (QED) is 0.00536. The van der Waals surface area contributed by atoms with Gasteiger partial charge < -0.3 is 90.0 Å². The van der Waals surface area contributed by atoms with Crippen LogP contribution in [0.5, 0.6) is 46.5 Å². The Labute approximate surface area is 902 Å². The van der Waals surface area contributed by atoms with Crippen LogP contribution in [0.2, 0.25) is 0 Å². The summed E-state index contributed by atoms with van der Waals surface area (Å²) in [6.07, 6.45) is -1.78. The molecule has 0 atom stereocenters. The number of anilines is 4. The number of aromatic nitrogens is 4. The summed E-state index contributed by atoms with van der Waals surface area (Å²) in [4.78, 5) is 175. The van der Waals surface area contributed by atoms with Gasteiger partial charge in [0, 0.05) is 80.0 Å². The molecule has 0 aliphatic carbocycles. The number of carbonyl (C=O) groups is 14. The number of nitrogens with two attached hydrogens (primary N) is 1. The van der Waals surface area contributed by atoms with Crippen LogP contribution in [-0.2, 0) is 52.5 Å². The predicted molar refractivity (Wildman–Crippen MR) is 557 cm³/mol. The van der Waals surface area contributed by atoms with Crippen molar-refractivity contribution in [3.05, 3.63) is 311 Å². The van der Waals surface area contributed by atoms with Crippen molar-refractivity contribution in [3.63, 3.8) is 0 Å². The minimum atomic E-state index is -1.60. The molecule has 4 aromatic heterocycles. The number of pyridine rings is 4. The minimum absolute atomic E-state index is 0. The normalized spacial score (nSPS) is 9.64. The molecule has 0 fully saturated rings. The molecule has 758 valence electrons. The van der Waals surface area contributed by atoms with Crippen LogP contribution in [0.3, 0.4) is 0 Å². The van der Waals surface area contributed by atoms with Crippen LogP contribution in [0.4, 0.5) is 28.1 Å². The zero-order valence-electron chi connectivity index (χ0n) is 81.6. The van der Waals surface area contributed by atoms with E-state index in [1.807, 2.05) is 18.2 Å². The largest absolute Gasteiger partial charge is 1.00 e. The third kappa shape index (κ3) is 50.1. The van der Waals surface area contributed by atoms with Gasteiger partial charge in [0.25, 0.3) is 12.9 Å². The van der Waals surface area contributed by atoms with Crippen LogP contribution < -0.4 is 94.6 Å². The van der Waals surface area contributed by atoms with Gasteiger partial charge in [0.1, 0.15) is 36.1 Å². The van der Waals surface area contributed by atoms with Crippen molar-refractivity contribution in [2.45, 2.75) is 66.7 Å². The average molecular weight is 2320 g/mol. The number of rotatable bonds is 35. The second kappa shape index (κ2) is 70.6. The third-order valence-corrected chi connectivity index (χ3v) is 20.4. The number of ketones is 6. The van der Waals surface area contributed by atoms with Gasteiger partial charge in [-0.15, -0.1) is 0 Å². The third-order valence-electron chi connectivity index (χ3n) is 17.7. The average Bonchev–Trinajstić information content (AvgIpc) is 0.810. The number of nitrogens with zero attached hydrogens (tertiary/aromatic N) is 4. The molecule has 0 saturated heterocycles. The van der Waals surface area contributed by atoms with Crippen molar-refractivity contribution in [3.8, 4) is 57.6 Å². The van der Waals surface area contributed by atoms with Gasteiger partial charge in [-0.05, 0) is 160 Å². The Morgan fingerprint density at radius 1 is 0.338 bits per heavy atom. The standard InChI is InChI=1S/C23H20N2O6.2C15H13BrN2O3.2C11H11BrO3.C8H9BO5.C8H7BrO.C6H8N2O.C5H10O3.Na.H/c1-29-19-11-10-17(12-20(19)31-14-26)15-6-8-16(9-7-15)18(27)13-22(28)24-21-4-3-5-23(25-21)30-2;2*1-21-15-4-2-3-13(18-15)17-14(20)9-12(19)10-5-7-11(16)8-6-10;2*1-2-15-11(14)7-10(13)8-3-5-9(12)6-4-8;1-13-7-3-2-6(9(11)12)4-8(7)14-5-10;1-6(10)7-2-4-8(9)5-3-7;1-9-6-4-2-3-5(7)8-6;1-3-7-5(6)8-4-2;;/h3-12,14H,13H2,1-2H3,(H,24,25,28);2*2-8H,9H2,1H3,(H,17,18,20);2*3-6H,2,7H2,1H3;2-5,11-12H,1H3;2-5H,1H3;2-4H,1H3,(H2,7,8);3-4H2,1-2H3;;/q;;;;;;;;;+1;-1. The summed E-state index contributed by atoms with van der Waals surface area (Å²) < 4.78 is 62.1. The number of esters is 2. The Hall–Kier alpha value is -14.1.